The average Bonchev–Trinajstić information content (AvgIpc) is 2.47. The number of hydrogen-bond acceptors (Lipinski definition) is 4. The molecule has 0 unspecified atom stereocenters. The summed E-state index contributed by atoms with van der Waals surface area (Å²) >= 11 is 6.10. The number of carbonyl (C=O) groups excluding carboxylic acids is 1. The van der Waals surface area contributed by atoms with E-state index < -0.39 is 0 Å². The van der Waals surface area contributed by atoms with Gasteiger partial charge in [-0.05, 0) is 23.8 Å². The van der Waals surface area contributed by atoms with E-state index in [-0.39, 0.29) is 5.91 Å². The first-order valence-electron chi connectivity index (χ1n) is 7.09. The van der Waals surface area contributed by atoms with Crippen molar-refractivity contribution < 1.29 is 9.53 Å². The number of carbonyl (C=O) groups is 1. The number of anilines is 1. The van der Waals surface area contributed by atoms with Crippen LogP contribution in [0.15, 0.2) is 18.2 Å². The van der Waals surface area contributed by atoms with Crippen molar-refractivity contribution in [3.63, 3.8) is 0 Å². The van der Waals surface area contributed by atoms with Crippen LogP contribution in [0.4, 0.5) is 5.69 Å². The maximum Gasteiger partial charge on any atom is 0.241 e. The molecular formula is C15H22ClN3O2. The summed E-state index contributed by atoms with van der Waals surface area (Å²) in [5.74, 6) is 0.148. The lowest BCUT2D eigenvalue weighted by atomic mass is 10.1. The standard InChI is InChI=1S/C15H22ClN3O2/c1-18-6-7-19(11-15(18)20)14-4-3-13(16)9-12(14)10-17-5-8-21-2/h3-4,9,17H,5-8,10-11H2,1-2H3. The molecule has 5 nitrogen and oxygen atoms in total. The van der Waals surface area contributed by atoms with Crippen LogP contribution in [0.5, 0.6) is 0 Å². The van der Waals surface area contributed by atoms with Gasteiger partial charge in [-0.3, -0.25) is 4.79 Å². The molecule has 0 saturated carbocycles. The highest BCUT2D eigenvalue weighted by Gasteiger charge is 2.22. The van der Waals surface area contributed by atoms with Crippen molar-refractivity contribution in [2.45, 2.75) is 6.54 Å². The molecule has 1 aromatic rings. The summed E-state index contributed by atoms with van der Waals surface area (Å²) in [6, 6.07) is 5.83. The van der Waals surface area contributed by atoms with Crippen LogP contribution in [0.2, 0.25) is 5.02 Å². The maximum atomic E-state index is 11.9. The van der Waals surface area contributed by atoms with E-state index >= 15 is 0 Å². The Morgan fingerprint density at radius 1 is 1.38 bits per heavy atom. The Bertz CT molecular complexity index is 496. The summed E-state index contributed by atoms with van der Waals surface area (Å²) in [4.78, 5) is 15.8. The van der Waals surface area contributed by atoms with Crippen LogP contribution in [0.3, 0.4) is 0 Å². The first-order chi connectivity index (χ1) is 10.1. The molecule has 0 spiro atoms. The second kappa shape index (κ2) is 7.64. The van der Waals surface area contributed by atoms with E-state index in [0.29, 0.717) is 24.7 Å². The smallest absolute Gasteiger partial charge is 0.241 e. The fourth-order valence-corrected chi connectivity index (χ4v) is 2.56. The van der Waals surface area contributed by atoms with Gasteiger partial charge in [0, 0.05) is 51.0 Å². The molecule has 6 heteroatoms. The third-order valence-electron chi connectivity index (χ3n) is 3.64. The molecule has 1 saturated heterocycles. The van der Waals surface area contributed by atoms with E-state index in [1.807, 2.05) is 25.2 Å². The Balaban J connectivity index is 2.09. The Kier molecular flexibility index (Phi) is 5.85. The third-order valence-corrected chi connectivity index (χ3v) is 3.87. The third kappa shape index (κ3) is 4.33. The quantitative estimate of drug-likeness (QED) is 0.806. The zero-order valence-corrected chi connectivity index (χ0v) is 13.3. The number of likely N-dealkylation sites (N-methyl/N-ethyl adjacent to an activating group) is 1. The maximum absolute atomic E-state index is 11.9. The van der Waals surface area contributed by atoms with Crippen molar-refractivity contribution in [2.24, 2.45) is 0 Å². The number of methoxy groups -OCH3 is 1. The van der Waals surface area contributed by atoms with Gasteiger partial charge < -0.3 is 19.9 Å². The van der Waals surface area contributed by atoms with E-state index in [4.69, 9.17) is 16.3 Å². The number of amides is 1. The van der Waals surface area contributed by atoms with Gasteiger partial charge >= 0.3 is 0 Å². The van der Waals surface area contributed by atoms with E-state index in [1.165, 1.54) is 0 Å². The Morgan fingerprint density at radius 3 is 2.90 bits per heavy atom. The summed E-state index contributed by atoms with van der Waals surface area (Å²) in [7, 11) is 3.52. The molecule has 0 aliphatic carbocycles. The summed E-state index contributed by atoms with van der Waals surface area (Å²) < 4.78 is 5.03. The number of nitrogens with one attached hydrogen (secondary N) is 1. The molecule has 21 heavy (non-hydrogen) atoms. The normalized spacial score (nSPS) is 15.7. The van der Waals surface area contributed by atoms with Crippen molar-refractivity contribution >= 4 is 23.2 Å². The van der Waals surface area contributed by atoms with Crippen LogP contribution in [-0.2, 0) is 16.1 Å². The lowest BCUT2D eigenvalue weighted by Gasteiger charge is -2.34. The number of halogens is 1. The molecule has 2 rings (SSSR count). The van der Waals surface area contributed by atoms with E-state index in [1.54, 1.807) is 12.0 Å². The summed E-state index contributed by atoms with van der Waals surface area (Å²) in [6.07, 6.45) is 0. The molecule has 1 amide bonds. The zero-order chi connectivity index (χ0) is 15.2. The number of benzene rings is 1. The molecule has 1 aliphatic rings. The number of ether oxygens (including phenoxy) is 1. The summed E-state index contributed by atoms with van der Waals surface area (Å²) in [5, 5.41) is 4.03. The van der Waals surface area contributed by atoms with Gasteiger partial charge in [0.15, 0.2) is 0 Å². The number of rotatable bonds is 6. The van der Waals surface area contributed by atoms with Gasteiger partial charge in [-0.2, -0.15) is 0 Å². The van der Waals surface area contributed by atoms with Gasteiger partial charge in [0.2, 0.25) is 5.91 Å². The molecule has 0 aromatic heterocycles. The second-order valence-corrected chi connectivity index (χ2v) is 5.62. The first kappa shape index (κ1) is 16.1. The molecule has 1 N–H and O–H groups in total. The minimum Gasteiger partial charge on any atom is -0.383 e. The second-order valence-electron chi connectivity index (χ2n) is 5.18. The molecule has 116 valence electrons. The lowest BCUT2D eigenvalue weighted by Crippen LogP contribution is -2.48. The number of hydrogen-bond donors (Lipinski definition) is 1. The first-order valence-corrected chi connectivity index (χ1v) is 7.46. The van der Waals surface area contributed by atoms with Crippen LogP contribution in [0.1, 0.15) is 5.56 Å². The monoisotopic (exact) mass is 311 g/mol. The largest absolute Gasteiger partial charge is 0.383 e. The molecule has 1 aromatic carbocycles. The highest BCUT2D eigenvalue weighted by atomic mass is 35.5. The number of piperazine rings is 1. The average molecular weight is 312 g/mol. The van der Waals surface area contributed by atoms with Crippen molar-refractivity contribution in [1.82, 2.24) is 10.2 Å². The Hall–Kier alpha value is -1.30. The van der Waals surface area contributed by atoms with Gasteiger partial charge in [0.05, 0.1) is 13.2 Å². The van der Waals surface area contributed by atoms with Crippen LogP contribution >= 0.6 is 11.6 Å². The van der Waals surface area contributed by atoms with Crippen molar-refractivity contribution in [3.05, 3.63) is 28.8 Å². The minimum absolute atomic E-state index is 0.148. The van der Waals surface area contributed by atoms with Crippen molar-refractivity contribution in [1.29, 1.82) is 0 Å². The fraction of sp³-hybridized carbons (Fsp3) is 0.533. The topological polar surface area (TPSA) is 44.8 Å². The molecular weight excluding hydrogens is 290 g/mol. The zero-order valence-electron chi connectivity index (χ0n) is 12.6. The molecule has 0 radical (unpaired) electrons. The molecule has 1 aliphatic heterocycles. The van der Waals surface area contributed by atoms with Crippen LogP contribution in [-0.4, -0.2) is 57.8 Å². The lowest BCUT2D eigenvalue weighted by molar-refractivity contribution is -0.129. The van der Waals surface area contributed by atoms with Gasteiger partial charge in [0.25, 0.3) is 0 Å². The van der Waals surface area contributed by atoms with E-state index in [0.717, 1.165) is 30.9 Å². The van der Waals surface area contributed by atoms with Crippen LogP contribution < -0.4 is 10.2 Å². The van der Waals surface area contributed by atoms with Crippen LogP contribution in [0, 0.1) is 0 Å². The van der Waals surface area contributed by atoms with Crippen LogP contribution in [0.25, 0.3) is 0 Å². The van der Waals surface area contributed by atoms with E-state index in [2.05, 4.69) is 10.2 Å². The highest BCUT2D eigenvalue weighted by molar-refractivity contribution is 6.30. The van der Waals surface area contributed by atoms with Crippen molar-refractivity contribution in [3.8, 4) is 0 Å². The fourth-order valence-electron chi connectivity index (χ4n) is 2.37. The molecule has 1 fully saturated rings. The summed E-state index contributed by atoms with van der Waals surface area (Å²) in [5.41, 5.74) is 2.18. The SMILES string of the molecule is COCCNCc1cc(Cl)ccc1N1CCN(C)C(=O)C1. The summed E-state index contributed by atoms with van der Waals surface area (Å²) in [6.45, 7) is 4.17. The van der Waals surface area contributed by atoms with Gasteiger partial charge in [-0.15, -0.1) is 0 Å². The Morgan fingerprint density at radius 2 is 2.19 bits per heavy atom. The predicted molar refractivity (Wildman–Crippen MR) is 84.9 cm³/mol. The van der Waals surface area contributed by atoms with Crippen molar-refractivity contribution in [2.75, 3.05) is 51.8 Å². The van der Waals surface area contributed by atoms with Gasteiger partial charge in [0.1, 0.15) is 0 Å². The molecule has 1 heterocycles. The minimum atomic E-state index is 0.148. The number of nitrogens with zero attached hydrogens (tertiary/aromatic N) is 2. The van der Waals surface area contributed by atoms with Gasteiger partial charge in [-0.25, -0.2) is 0 Å². The van der Waals surface area contributed by atoms with E-state index in [9.17, 15) is 4.79 Å². The molecule has 0 bridgehead atoms. The predicted octanol–water partition coefficient (Wildman–Crippen LogP) is 1.35. The van der Waals surface area contributed by atoms with Gasteiger partial charge in [-0.1, -0.05) is 11.6 Å². The highest BCUT2D eigenvalue weighted by Crippen LogP contribution is 2.25. The Labute approximate surface area is 130 Å². The molecule has 0 atom stereocenters.